The summed E-state index contributed by atoms with van der Waals surface area (Å²) >= 11 is 4.29. The molecule has 0 spiro atoms. The Kier molecular flexibility index (Phi) is 5.14. The lowest BCUT2D eigenvalue weighted by atomic mass is 10.2. The van der Waals surface area contributed by atoms with Crippen LogP contribution in [0.5, 0.6) is 5.75 Å². The molecular weight excluding hydrogens is 473 g/mol. The largest absolute Gasteiger partial charge is 0.487 e. The van der Waals surface area contributed by atoms with Gasteiger partial charge in [-0.05, 0) is 75.0 Å². The van der Waals surface area contributed by atoms with Crippen LogP contribution < -0.4 is 4.74 Å². The first-order valence-electron chi connectivity index (χ1n) is 5.41. The number of ether oxygens (including phenoxy) is 1. The van der Waals surface area contributed by atoms with Crippen LogP contribution in [-0.2, 0) is 6.61 Å². The van der Waals surface area contributed by atoms with Crippen LogP contribution in [0.15, 0.2) is 36.4 Å². The summed E-state index contributed by atoms with van der Waals surface area (Å²) in [4.78, 5) is 11.1. The van der Waals surface area contributed by atoms with Crippen molar-refractivity contribution in [2.45, 2.75) is 6.61 Å². The predicted molar refractivity (Wildman–Crippen MR) is 88.0 cm³/mol. The maximum absolute atomic E-state index is 12.8. The van der Waals surface area contributed by atoms with E-state index >= 15 is 0 Å². The third kappa shape index (κ3) is 3.88. The van der Waals surface area contributed by atoms with E-state index in [0.717, 1.165) is 19.0 Å². The number of halogens is 3. The lowest BCUT2D eigenvalue weighted by Crippen LogP contribution is -2.01. The van der Waals surface area contributed by atoms with Gasteiger partial charge in [0, 0.05) is 3.57 Å². The zero-order chi connectivity index (χ0) is 13.8. The Morgan fingerprint density at radius 1 is 1.16 bits per heavy atom. The lowest BCUT2D eigenvalue weighted by molar-refractivity contribution is 0.111. The van der Waals surface area contributed by atoms with Crippen LogP contribution >= 0.6 is 45.2 Å². The molecule has 2 aromatic rings. The SMILES string of the molecule is O=Cc1cc(I)cc(I)c1OCc1ccc(F)cc1. The van der Waals surface area contributed by atoms with Crippen molar-refractivity contribution in [1.29, 1.82) is 0 Å². The van der Waals surface area contributed by atoms with Gasteiger partial charge in [-0.15, -0.1) is 0 Å². The monoisotopic (exact) mass is 482 g/mol. The zero-order valence-electron chi connectivity index (χ0n) is 9.70. The maximum atomic E-state index is 12.8. The first-order chi connectivity index (χ1) is 9.10. The van der Waals surface area contributed by atoms with Crippen LogP contribution in [0.25, 0.3) is 0 Å². The Labute approximate surface area is 137 Å². The maximum Gasteiger partial charge on any atom is 0.153 e. The number of rotatable bonds is 4. The molecule has 0 radical (unpaired) electrons. The number of hydrogen-bond donors (Lipinski definition) is 0. The molecule has 0 aromatic heterocycles. The smallest absolute Gasteiger partial charge is 0.153 e. The van der Waals surface area contributed by atoms with Crippen molar-refractivity contribution in [3.63, 3.8) is 0 Å². The number of carbonyl (C=O) groups excluding carboxylic acids is 1. The van der Waals surface area contributed by atoms with Crippen molar-refractivity contribution in [3.8, 4) is 5.75 Å². The first-order valence-corrected chi connectivity index (χ1v) is 7.57. The zero-order valence-corrected chi connectivity index (χ0v) is 14.0. The third-order valence-electron chi connectivity index (χ3n) is 2.46. The third-order valence-corrected chi connectivity index (χ3v) is 3.88. The molecule has 19 heavy (non-hydrogen) atoms. The van der Waals surface area contributed by atoms with Crippen molar-refractivity contribution < 1.29 is 13.9 Å². The van der Waals surface area contributed by atoms with Gasteiger partial charge >= 0.3 is 0 Å². The molecule has 0 amide bonds. The van der Waals surface area contributed by atoms with Crippen LogP contribution in [0.1, 0.15) is 15.9 Å². The van der Waals surface area contributed by atoms with E-state index in [1.54, 1.807) is 18.2 Å². The summed E-state index contributed by atoms with van der Waals surface area (Å²) in [6.45, 7) is 0.303. The van der Waals surface area contributed by atoms with E-state index in [2.05, 4.69) is 45.2 Å². The molecule has 0 saturated carbocycles. The van der Waals surface area contributed by atoms with E-state index in [0.29, 0.717) is 17.9 Å². The molecule has 2 nitrogen and oxygen atoms in total. The molecule has 0 aliphatic rings. The summed E-state index contributed by atoms with van der Waals surface area (Å²) in [5, 5.41) is 0. The average Bonchev–Trinajstić information content (AvgIpc) is 2.39. The first kappa shape index (κ1) is 14.7. The molecule has 5 heteroatoms. The Balaban J connectivity index is 2.19. The fourth-order valence-corrected chi connectivity index (χ4v) is 3.60. The summed E-state index contributed by atoms with van der Waals surface area (Å²) in [6.07, 6.45) is 0.782. The Morgan fingerprint density at radius 2 is 1.84 bits per heavy atom. The number of carbonyl (C=O) groups is 1. The number of hydrogen-bond acceptors (Lipinski definition) is 2. The summed E-state index contributed by atoms with van der Waals surface area (Å²) in [5.74, 6) is 0.293. The van der Waals surface area contributed by atoms with Gasteiger partial charge in [0.05, 0.1) is 9.13 Å². The number of benzene rings is 2. The molecule has 2 aromatic carbocycles. The molecule has 98 valence electrons. The van der Waals surface area contributed by atoms with Crippen molar-refractivity contribution >= 4 is 51.5 Å². The quantitative estimate of drug-likeness (QED) is 0.477. The van der Waals surface area contributed by atoms with Gasteiger partial charge in [-0.25, -0.2) is 4.39 Å². The van der Waals surface area contributed by atoms with Crippen molar-refractivity contribution in [2.24, 2.45) is 0 Å². The predicted octanol–water partition coefficient (Wildman–Crippen LogP) is 4.43. The number of aldehydes is 1. The van der Waals surface area contributed by atoms with Gasteiger partial charge in [-0.2, -0.15) is 0 Å². The van der Waals surface area contributed by atoms with Gasteiger partial charge in [0.15, 0.2) is 6.29 Å². The molecule has 0 unspecified atom stereocenters. The average molecular weight is 482 g/mol. The van der Waals surface area contributed by atoms with Crippen molar-refractivity contribution in [3.05, 3.63) is 60.5 Å². The van der Waals surface area contributed by atoms with E-state index < -0.39 is 0 Å². The molecule has 0 aliphatic heterocycles. The van der Waals surface area contributed by atoms with Crippen LogP contribution in [0, 0.1) is 13.0 Å². The molecule has 0 aliphatic carbocycles. The van der Waals surface area contributed by atoms with E-state index in [1.807, 2.05) is 6.07 Å². The van der Waals surface area contributed by atoms with Gasteiger partial charge < -0.3 is 4.74 Å². The lowest BCUT2D eigenvalue weighted by Gasteiger charge is -2.11. The fraction of sp³-hybridized carbons (Fsp3) is 0.0714. The highest BCUT2D eigenvalue weighted by Crippen LogP contribution is 2.28. The fourth-order valence-electron chi connectivity index (χ4n) is 1.56. The highest BCUT2D eigenvalue weighted by molar-refractivity contribution is 14.1. The molecule has 0 N–H and O–H groups in total. The van der Waals surface area contributed by atoms with E-state index in [-0.39, 0.29) is 5.82 Å². The highest BCUT2D eigenvalue weighted by atomic mass is 127. The Bertz CT molecular complexity index is 597. The summed E-state index contributed by atoms with van der Waals surface area (Å²) in [6, 6.07) is 9.81. The molecule has 2 rings (SSSR count). The summed E-state index contributed by atoms with van der Waals surface area (Å²) in [7, 11) is 0. The minimum absolute atomic E-state index is 0.277. The van der Waals surface area contributed by atoms with Crippen LogP contribution in [0.3, 0.4) is 0 Å². The van der Waals surface area contributed by atoms with Crippen LogP contribution in [0.4, 0.5) is 4.39 Å². The van der Waals surface area contributed by atoms with Gasteiger partial charge in [-0.3, -0.25) is 4.79 Å². The molecule has 0 fully saturated rings. The second-order valence-corrected chi connectivity index (χ2v) is 6.25. The van der Waals surface area contributed by atoms with Crippen LogP contribution in [-0.4, -0.2) is 6.29 Å². The van der Waals surface area contributed by atoms with Gasteiger partial charge in [0.2, 0.25) is 0 Å². The normalized spacial score (nSPS) is 10.3. The molecule has 0 heterocycles. The minimum Gasteiger partial charge on any atom is -0.487 e. The molecule has 0 bridgehead atoms. The van der Waals surface area contributed by atoms with E-state index in [1.165, 1.54) is 12.1 Å². The van der Waals surface area contributed by atoms with Gasteiger partial charge in [-0.1, -0.05) is 12.1 Å². The second-order valence-electron chi connectivity index (χ2n) is 3.84. The van der Waals surface area contributed by atoms with E-state index in [4.69, 9.17) is 4.74 Å². The Morgan fingerprint density at radius 3 is 2.47 bits per heavy atom. The second kappa shape index (κ2) is 6.65. The highest BCUT2D eigenvalue weighted by Gasteiger charge is 2.10. The van der Waals surface area contributed by atoms with E-state index in [9.17, 15) is 9.18 Å². The van der Waals surface area contributed by atoms with Gasteiger partial charge in [0.1, 0.15) is 18.2 Å². The van der Waals surface area contributed by atoms with Crippen molar-refractivity contribution in [1.82, 2.24) is 0 Å². The minimum atomic E-state index is -0.277. The van der Waals surface area contributed by atoms with Crippen molar-refractivity contribution in [2.75, 3.05) is 0 Å². The topological polar surface area (TPSA) is 26.3 Å². The molecule has 0 atom stereocenters. The molecular formula is C14H9FI2O2. The standard InChI is InChI=1S/C14H9FI2O2/c15-11-3-1-9(2-4-11)8-19-14-10(7-18)5-12(16)6-13(14)17/h1-7H,8H2. The van der Waals surface area contributed by atoms with Crippen LogP contribution in [0.2, 0.25) is 0 Å². The summed E-state index contributed by atoms with van der Waals surface area (Å²) in [5.41, 5.74) is 1.38. The molecule has 0 saturated heterocycles. The Hall–Kier alpha value is -0.700. The van der Waals surface area contributed by atoms with Gasteiger partial charge in [0.25, 0.3) is 0 Å². The summed E-state index contributed by atoms with van der Waals surface area (Å²) < 4.78 is 20.3.